The van der Waals surface area contributed by atoms with Crippen molar-refractivity contribution in [3.8, 4) is 11.5 Å². The first-order chi connectivity index (χ1) is 8.08. The summed E-state index contributed by atoms with van der Waals surface area (Å²) in [5.41, 5.74) is 6.02. The Hall–Kier alpha value is -2.70. The van der Waals surface area contributed by atoms with Gasteiger partial charge in [0, 0.05) is 5.56 Å². The molecule has 0 saturated carbocycles. The van der Waals surface area contributed by atoms with Crippen LogP contribution in [0.5, 0.6) is 11.5 Å². The van der Waals surface area contributed by atoms with E-state index in [9.17, 15) is 9.90 Å². The molecule has 1 aromatic carbocycles. The van der Waals surface area contributed by atoms with Crippen LogP contribution in [0.25, 0.3) is 0 Å². The van der Waals surface area contributed by atoms with E-state index < -0.39 is 5.91 Å². The number of carbonyl (C=O) groups is 1. The highest BCUT2D eigenvalue weighted by Crippen LogP contribution is 2.25. The molecule has 2 aromatic rings. The third-order valence-electron chi connectivity index (χ3n) is 2.14. The summed E-state index contributed by atoms with van der Waals surface area (Å²) in [5, 5.41) is 27.0. The van der Waals surface area contributed by atoms with Gasteiger partial charge >= 0.3 is 0 Å². The number of hydrogen-bond acceptors (Lipinski definition) is 5. The number of aromatic nitrogens is 2. The van der Waals surface area contributed by atoms with Crippen LogP contribution in [-0.4, -0.2) is 26.3 Å². The van der Waals surface area contributed by atoms with E-state index in [4.69, 9.17) is 10.8 Å². The van der Waals surface area contributed by atoms with Crippen LogP contribution < -0.4 is 11.1 Å². The van der Waals surface area contributed by atoms with Crippen molar-refractivity contribution in [2.24, 2.45) is 0 Å². The molecule has 0 aliphatic heterocycles. The zero-order valence-electron chi connectivity index (χ0n) is 8.64. The maximum atomic E-state index is 11.7. The number of amides is 1. The number of hydrogen-bond donors (Lipinski definition) is 5. The van der Waals surface area contributed by atoms with Gasteiger partial charge in [0.1, 0.15) is 0 Å². The molecule has 0 aliphatic carbocycles. The van der Waals surface area contributed by atoms with E-state index in [2.05, 4.69) is 15.5 Å². The highest BCUT2D eigenvalue weighted by Gasteiger charge is 2.11. The van der Waals surface area contributed by atoms with Crippen LogP contribution in [0.15, 0.2) is 24.4 Å². The highest BCUT2D eigenvalue weighted by molar-refractivity contribution is 6.05. The number of nitrogen functional groups attached to an aromatic ring is 1. The Labute approximate surface area is 95.9 Å². The number of H-pyrrole nitrogens is 1. The fraction of sp³-hybridized carbons (Fsp3) is 0. The average molecular weight is 234 g/mol. The number of benzene rings is 1. The van der Waals surface area contributed by atoms with Crippen molar-refractivity contribution in [3.63, 3.8) is 0 Å². The van der Waals surface area contributed by atoms with Crippen LogP contribution in [0.3, 0.4) is 0 Å². The van der Waals surface area contributed by atoms with Gasteiger partial charge in [0.2, 0.25) is 0 Å². The van der Waals surface area contributed by atoms with Crippen molar-refractivity contribution >= 4 is 17.4 Å². The Morgan fingerprint density at radius 1 is 1.35 bits per heavy atom. The molecule has 7 nitrogen and oxygen atoms in total. The second-order valence-electron chi connectivity index (χ2n) is 3.36. The number of nitrogens with one attached hydrogen (secondary N) is 2. The summed E-state index contributed by atoms with van der Waals surface area (Å²) in [7, 11) is 0. The lowest BCUT2D eigenvalue weighted by Crippen LogP contribution is -2.13. The molecular weight excluding hydrogens is 224 g/mol. The number of rotatable bonds is 2. The number of aromatic hydroxyl groups is 2. The van der Waals surface area contributed by atoms with E-state index in [1.54, 1.807) is 0 Å². The maximum absolute atomic E-state index is 11.7. The first-order valence-corrected chi connectivity index (χ1v) is 4.70. The zero-order valence-corrected chi connectivity index (χ0v) is 8.64. The molecule has 0 unspecified atom stereocenters. The van der Waals surface area contributed by atoms with Gasteiger partial charge in [-0.2, -0.15) is 5.10 Å². The molecule has 0 spiro atoms. The minimum absolute atomic E-state index is 0.189. The van der Waals surface area contributed by atoms with Gasteiger partial charge in [-0.15, -0.1) is 0 Å². The molecule has 0 fully saturated rings. The summed E-state index contributed by atoms with van der Waals surface area (Å²) < 4.78 is 0. The zero-order chi connectivity index (χ0) is 12.4. The minimum Gasteiger partial charge on any atom is -0.504 e. The molecule has 1 amide bonds. The van der Waals surface area contributed by atoms with E-state index in [0.717, 1.165) is 6.07 Å². The van der Waals surface area contributed by atoms with Crippen LogP contribution in [0, 0.1) is 0 Å². The Bertz CT molecular complexity index is 564. The fourth-order valence-corrected chi connectivity index (χ4v) is 1.25. The van der Waals surface area contributed by atoms with Crippen LogP contribution >= 0.6 is 0 Å². The Morgan fingerprint density at radius 2 is 2.12 bits per heavy atom. The Balaban J connectivity index is 2.20. The normalized spacial score (nSPS) is 10.1. The molecule has 2 rings (SSSR count). The van der Waals surface area contributed by atoms with E-state index in [1.165, 1.54) is 18.3 Å². The summed E-state index contributed by atoms with van der Waals surface area (Å²) >= 11 is 0. The second-order valence-corrected chi connectivity index (χ2v) is 3.36. The largest absolute Gasteiger partial charge is 0.504 e. The Morgan fingerprint density at radius 3 is 2.71 bits per heavy atom. The summed E-state index contributed by atoms with van der Waals surface area (Å²) in [4.78, 5) is 11.7. The van der Waals surface area contributed by atoms with E-state index in [1.807, 2.05) is 0 Å². The van der Waals surface area contributed by atoms with E-state index in [-0.39, 0.29) is 22.9 Å². The predicted molar refractivity (Wildman–Crippen MR) is 60.7 cm³/mol. The lowest BCUT2D eigenvalue weighted by molar-refractivity contribution is 0.102. The molecule has 17 heavy (non-hydrogen) atoms. The summed E-state index contributed by atoms with van der Waals surface area (Å²) in [6.07, 6.45) is 1.36. The number of phenols is 2. The van der Waals surface area contributed by atoms with Gasteiger partial charge in [-0.25, -0.2) is 0 Å². The maximum Gasteiger partial charge on any atom is 0.256 e. The molecule has 0 bridgehead atoms. The summed E-state index contributed by atoms with van der Waals surface area (Å²) in [6.45, 7) is 0. The van der Waals surface area contributed by atoms with Crippen LogP contribution in [0.2, 0.25) is 0 Å². The van der Waals surface area contributed by atoms with Gasteiger partial charge in [-0.3, -0.25) is 9.89 Å². The van der Waals surface area contributed by atoms with Gasteiger partial charge < -0.3 is 21.3 Å². The van der Waals surface area contributed by atoms with Crippen LogP contribution in [0.4, 0.5) is 11.5 Å². The first-order valence-electron chi connectivity index (χ1n) is 4.70. The molecule has 0 saturated heterocycles. The number of nitrogens with two attached hydrogens (primary N) is 1. The molecule has 7 heteroatoms. The molecule has 0 atom stereocenters. The molecular formula is C10H10N4O3. The number of carbonyl (C=O) groups excluding carboxylic acids is 1. The van der Waals surface area contributed by atoms with Gasteiger partial charge in [-0.05, 0) is 18.2 Å². The van der Waals surface area contributed by atoms with Crippen LogP contribution in [0.1, 0.15) is 10.4 Å². The molecule has 0 radical (unpaired) electrons. The average Bonchev–Trinajstić information content (AvgIpc) is 2.68. The molecule has 1 heterocycles. The van der Waals surface area contributed by atoms with Crippen molar-refractivity contribution in [1.82, 2.24) is 10.2 Å². The highest BCUT2D eigenvalue weighted by atomic mass is 16.3. The van der Waals surface area contributed by atoms with Gasteiger partial charge in [0.15, 0.2) is 17.3 Å². The predicted octanol–water partition coefficient (Wildman–Crippen LogP) is 0.655. The van der Waals surface area contributed by atoms with Crippen LogP contribution in [-0.2, 0) is 0 Å². The van der Waals surface area contributed by atoms with Crippen molar-refractivity contribution in [1.29, 1.82) is 0 Å². The van der Waals surface area contributed by atoms with Crippen molar-refractivity contribution in [2.75, 3.05) is 11.1 Å². The SMILES string of the molecule is Nc1cn[nH]c1NC(=O)c1ccc(O)c(O)c1. The third-order valence-corrected chi connectivity index (χ3v) is 2.14. The lowest BCUT2D eigenvalue weighted by Gasteiger charge is -2.04. The quantitative estimate of drug-likeness (QED) is 0.488. The number of anilines is 2. The smallest absolute Gasteiger partial charge is 0.256 e. The standard InChI is InChI=1S/C10H10N4O3/c11-6-4-12-14-9(6)13-10(17)5-1-2-7(15)8(16)3-5/h1-4,15-16H,11H2,(H2,12,13,14,17). The summed E-state index contributed by atoms with van der Waals surface area (Å²) in [5.74, 6) is -0.850. The van der Waals surface area contributed by atoms with E-state index in [0.29, 0.717) is 5.69 Å². The fourth-order valence-electron chi connectivity index (χ4n) is 1.25. The third kappa shape index (κ3) is 2.12. The second kappa shape index (κ2) is 4.05. The summed E-state index contributed by atoms with van der Waals surface area (Å²) in [6, 6.07) is 3.74. The lowest BCUT2D eigenvalue weighted by atomic mass is 10.2. The number of aromatic amines is 1. The van der Waals surface area contributed by atoms with Crippen molar-refractivity contribution in [2.45, 2.75) is 0 Å². The minimum atomic E-state index is -0.476. The van der Waals surface area contributed by atoms with Gasteiger partial charge in [-0.1, -0.05) is 0 Å². The van der Waals surface area contributed by atoms with Crippen molar-refractivity contribution in [3.05, 3.63) is 30.0 Å². The first kappa shape index (κ1) is 10.8. The van der Waals surface area contributed by atoms with Crippen molar-refractivity contribution < 1.29 is 15.0 Å². The number of phenolic OH excluding ortho intramolecular Hbond substituents is 2. The monoisotopic (exact) mass is 234 g/mol. The molecule has 1 aromatic heterocycles. The Kier molecular flexibility index (Phi) is 2.57. The molecule has 0 aliphatic rings. The molecule has 6 N–H and O–H groups in total. The molecule has 88 valence electrons. The topological polar surface area (TPSA) is 124 Å². The van der Waals surface area contributed by atoms with E-state index >= 15 is 0 Å². The van der Waals surface area contributed by atoms with Gasteiger partial charge in [0.05, 0.1) is 11.9 Å². The number of nitrogens with zero attached hydrogens (tertiary/aromatic N) is 1. The van der Waals surface area contributed by atoms with Gasteiger partial charge in [0.25, 0.3) is 5.91 Å².